The smallest absolute Gasteiger partial charge is 0.216 e. The van der Waals surface area contributed by atoms with Crippen molar-refractivity contribution >= 4 is 12.0 Å². The fraction of sp³-hybridized carbons (Fsp3) is 0.333. The second-order valence-electron chi connectivity index (χ2n) is 3.26. The lowest BCUT2D eigenvalue weighted by Gasteiger charge is -2.02. The second kappa shape index (κ2) is 6.61. The molecule has 0 atom stereocenters. The van der Waals surface area contributed by atoms with Crippen molar-refractivity contribution in [3.05, 3.63) is 30.1 Å². The molecule has 0 radical (unpaired) electrons. The van der Waals surface area contributed by atoms with Crippen LogP contribution >= 0.6 is 0 Å². The molecule has 0 unspecified atom stereocenters. The van der Waals surface area contributed by atoms with Crippen LogP contribution in [-0.2, 0) is 4.79 Å². The molecule has 0 spiro atoms. The molecule has 1 aromatic heterocycles. The van der Waals surface area contributed by atoms with Crippen molar-refractivity contribution in [2.24, 2.45) is 0 Å². The summed E-state index contributed by atoms with van der Waals surface area (Å²) in [5.41, 5.74) is 0.799. The largest absolute Gasteiger partial charge is 0.494 e. The van der Waals surface area contributed by atoms with Gasteiger partial charge in [0, 0.05) is 19.7 Å². The minimum atomic E-state index is -0.0104. The zero-order chi connectivity index (χ0) is 11.8. The van der Waals surface area contributed by atoms with Crippen molar-refractivity contribution < 1.29 is 9.53 Å². The molecule has 1 rings (SSSR count). The van der Waals surface area contributed by atoms with E-state index in [9.17, 15) is 4.79 Å². The Bertz CT molecular complexity index is 375. The van der Waals surface area contributed by atoms with Crippen LogP contribution in [0.15, 0.2) is 24.4 Å². The zero-order valence-corrected chi connectivity index (χ0v) is 9.56. The molecule has 0 aliphatic carbocycles. The van der Waals surface area contributed by atoms with E-state index in [1.54, 1.807) is 13.3 Å². The highest BCUT2D eigenvalue weighted by Gasteiger charge is 1.97. The number of aromatic nitrogens is 1. The molecule has 4 heteroatoms. The van der Waals surface area contributed by atoms with Crippen LogP contribution in [0.25, 0.3) is 6.08 Å². The summed E-state index contributed by atoms with van der Waals surface area (Å²) in [4.78, 5) is 14.8. The maximum atomic E-state index is 10.6. The lowest BCUT2D eigenvalue weighted by molar-refractivity contribution is -0.118. The van der Waals surface area contributed by atoms with Gasteiger partial charge in [-0.25, -0.2) is 0 Å². The van der Waals surface area contributed by atoms with E-state index < -0.39 is 0 Å². The standard InChI is InChI=1S/C12H16N2O2/c1-10(15)13-8-4-3-6-11-12(16-2)7-5-9-14-11/h3,5-7,9H,4,8H2,1-2H3,(H,13,15). The third-order valence-corrected chi connectivity index (χ3v) is 1.98. The molecule has 0 aliphatic heterocycles. The highest BCUT2D eigenvalue weighted by Crippen LogP contribution is 2.15. The number of nitrogens with one attached hydrogen (secondary N) is 1. The summed E-state index contributed by atoms with van der Waals surface area (Å²) in [6.07, 6.45) is 6.34. The van der Waals surface area contributed by atoms with E-state index in [-0.39, 0.29) is 5.91 Å². The maximum Gasteiger partial charge on any atom is 0.216 e. The first-order valence-electron chi connectivity index (χ1n) is 5.14. The molecule has 0 fully saturated rings. The van der Waals surface area contributed by atoms with Gasteiger partial charge < -0.3 is 10.1 Å². The average molecular weight is 220 g/mol. The van der Waals surface area contributed by atoms with Crippen molar-refractivity contribution in [2.45, 2.75) is 13.3 Å². The molecule has 1 aromatic rings. The summed E-state index contributed by atoms with van der Waals surface area (Å²) in [5.74, 6) is 0.738. The first kappa shape index (κ1) is 12.2. The lowest BCUT2D eigenvalue weighted by atomic mass is 10.2. The monoisotopic (exact) mass is 220 g/mol. The number of pyridine rings is 1. The Hall–Kier alpha value is -1.84. The summed E-state index contributed by atoms with van der Waals surface area (Å²) in [5, 5.41) is 2.72. The summed E-state index contributed by atoms with van der Waals surface area (Å²) in [7, 11) is 1.62. The zero-order valence-electron chi connectivity index (χ0n) is 9.56. The molecule has 1 amide bonds. The molecule has 1 heterocycles. The average Bonchev–Trinajstić information content (AvgIpc) is 2.29. The molecule has 0 saturated carbocycles. The summed E-state index contributed by atoms with van der Waals surface area (Å²) >= 11 is 0. The van der Waals surface area contributed by atoms with Gasteiger partial charge in [0.15, 0.2) is 0 Å². The minimum absolute atomic E-state index is 0.0104. The van der Waals surface area contributed by atoms with E-state index in [2.05, 4.69) is 10.3 Å². The summed E-state index contributed by atoms with van der Waals surface area (Å²) in [6.45, 7) is 2.15. The number of nitrogens with zero attached hydrogens (tertiary/aromatic N) is 1. The fourth-order valence-electron chi connectivity index (χ4n) is 1.23. The Labute approximate surface area is 95.3 Å². The molecular formula is C12H16N2O2. The molecule has 4 nitrogen and oxygen atoms in total. The van der Waals surface area contributed by atoms with Gasteiger partial charge in [0.05, 0.1) is 7.11 Å². The number of amides is 1. The lowest BCUT2D eigenvalue weighted by Crippen LogP contribution is -2.20. The third kappa shape index (κ3) is 4.13. The Kier molecular flexibility index (Phi) is 5.05. The van der Waals surface area contributed by atoms with Gasteiger partial charge in [-0.3, -0.25) is 9.78 Å². The summed E-state index contributed by atoms with van der Waals surface area (Å²) < 4.78 is 5.16. The van der Waals surface area contributed by atoms with Gasteiger partial charge in [-0.05, 0) is 24.6 Å². The van der Waals surface area contributed by atoms with E-state index in [0.717, 1.165) is 17.9 Å². The van der Waals surface area contributed by atoms with Crippen LogP contribution in [-0.4, -0.2) is 24.5 Å². The molecule has 0 aliphatic rings. The first-order chi connectivity index (χ1) is 7.74. The quantitative estimate of drug-likeness (QED) is 0.767. The predicted molar refractivity (Wildman–Crippen MR) is 63.1 cm³/mol. The molecule has 0 bridgehead atoms. The van der Waals surface area contributed by atoms with E-state index >= 15 is 0 Å². The van der Waals surface area contributed by atoms with Gasteiger partial charge in [0.25, 0.3) is 0 Å². The van der Waals surface area contributed by atoms with Gasteiger partial charge in [0.2, 0.25) is 5.91 Å². The minimum Gasteiger partial charge on any atom is -0.494 e. The van der Waals surface area contributed by atoms with E-state index in [4.69, 9.17) is 4.74 Å². The maximum absolute atomic E-state index is 10.6. The highest BCUT2D eigenvalue weighted by atomic mass is 16.5. The Balaban J connectivity index is 2.46. The van der Waals surface area contributed by atoms with Crippen LogP contribution in [0.2, 0.25) is 0 Å². The van der Waals surface area contributed by atoms with Gasteiger partial charge in [-0.15, -0.1) is 0 Å². The van der Waals surface area contributed by atoms with E-state index in [1.807, 2.05) is 24.3 Å². The van der Waals surface area contributed by atoms with Gasteiger partial charge in [0.1, 0.15) is 11.4 Å². The number of carbonyl (C=O) groups excluding carboxylic acids is 1. The number of ether oxygens (including phenoxy) is 1. The highest BCUT2D eigenvalue weighted by molar-refractivity contribution is 5.72. The van der Waals surface area contributed by atoms with Crippen LogP contribution in [0.4, 0.5) is 0 Å². The number of carbonyl (C=O) groups is 1. The van der Waals surface area contributed by atoms with Crippen LogP contribution in [0.5, 0.6) is 5.75 Å². The Morgan fingerprint density at radius 3 is 3.12 bits per heavy atom. The number of methoxy groups -OCH3 is 1. The van der Waals surface area contributed by atoms with Gasteiger partial charge >= 0.3 is 0 Å². The Morgan fingerprint density at radius 1 is 1.62 bits per heavy atom. The van der Waals surface area contributed by atoms with Crippen LogP contribution in [0, 0.1) is 0 Å². The normalized spacial score (nSPS) is 10.4. The first-order valence-corrected chi connectivity index (χ1v) is 5.14. The molecular weight excluding hydrogens is 204 g/mol. The van der Waals surface area contributed by atoms with E-state index in [1.165, 1.54) is 6.92 Å². The number of hydrogen-bond acceptors (Lipinski definition) is 3. The number of rotatable bonds is 5. The topological polar surface area (TPSA) is 51.2 Å². The van der Waals surface area contributed by atoms with Crippen LogP contribution in [0.3, 0.4) is 0 Å². The van der Waals surface area contributed by atoms with Crippen LogP contribution in [0.1, 0.15) is 19.0 Å². The molecule has 1 N–H and O–H groups in total. The van der Waals surface area contributed by atoms with Gasteiger partial charge in [-0.1, -0.05) is 6.08 Å². The van der Waals surface area contributed by atoms with Crippen molar-refractivity contribution in [2.75, 3.05) is 13.7 Å². The molecule has 0 saturated heterocycles. The van der Waals surface area contributed by atoms with Crippen molar-refractivity contribution in [3.8, 4) is 5.75 Å². The molecule has 86 valence electrons. The second-order valence-corrected chi connectivity index (χ2v) is 3.26. The molecule has 16 heavy (non-hydrogen) atoms. The predicted octanol–water partition coefficient (Wildman–Crippen LogP) is 1.63. The van der Waals surface area contributed by atoms with Crippen molar-refractivity contribution in [1.29, 1.82) is 0 Å². The third-order valence-electron chi connectivity index (χ3n) is 1.98. The van der Waals surface area contributed by atoms with E-state index in [0.29, 0.717) is 6.54 Å². The van der Waals surface area contributed by atoms with Gasteiger partial charge in [-0.2, -0.15) is 0 Å². The molecule has 0 aromatic carbocycles. The van der Waals surface area contributed by atoms with Crippen LogP contribution < -0.4 is 10.1 Å². The summed E-state index contributed by atoms with van der Waals surface area (Å²) in [6, 6.07) is 3.69. The SMILES string of the molecule is COc1cccnc1C=CCCNC(C)=O. The fourth-order valence-corrected chi connectivity index (χ4v) is 1.23. The Morgan fingerprint density at radius 2 is 2.44 bits per heavy atom. The number of hydrogen-bond donors (Lipinski definition) is 1. The van der Waals surface area contributed by atoms with Crippen molar-refractivity contribution in [3.63, 3.8) is 0 Å². The van der Waals surface area contributed by atoms with Crippen molar-refractivity contribution in [1.82, 2.24) is 10.3 Å².